The Bertz CT molecular complexity index is 393. The number of hydrogen-bond donors (Lipinski definition) is 2. The number of pyridine rings is 1. The summed E-state index contributed by atoms with van der Waals surface area (Å²) in [4.78, 5) is 15.0. The Morgan fingerprint density at radius 3 is 2.94 bits per heavy atom. The average molecular weight is 285 g/mol. The standard InChI is InChI=1S/C11H13BrN2O2/c12-9-3-7(4-13-6-9)5-14-10(11(15)16)8-1-2-8/h3-4,6,8,10,14H,1-2,5H2,(H,15,16). The van der Waals surface area contributed by atoms with E-state index in [-0.39, 0.29) is 0 Å². The molecule has 1 saturated carbocycles. The maximum Gasteiger partial charge on any atom is 0.320 e. The van der Waals surface area contributed by atoms with E-state index in [1.165, 1.54) is 0 Å². The van der Waals surface area contributed by atoms with E-state index < -0.39 is 12.0 Å². The molecule has 0 amide bonds. The van der Waals surface area contributed by atoms with Crippen molar-refractivity contribution >= 4 is 21.9 Å². The van der Waals surface area contributed by atoms with Crippen LogP contribution in [0.3, 0.4) is 0 Å². The fourth-order valence-corrected chi connectivity index (χ4v) is 2.08. The van der Waals surface area contributed by atoms with Crippen LogP contribution in [0.4, 0.5) is 0 Å². The van der Waals surface area contributed by atoms with Gasteiger partial charge in [0.1, 0.15) is 6.04 Å². The normalized spacial score (nSPS) is 17.1. The molecule has 4 nitrogen and oxygen atoms in total. The molecular formula is C11H13BrN2O2. The van der Waals surface area contributed by atoms with E-state index >= 15 is 0 Å². The van der Waals surface area contributed by atoms with Crippen molar-refractivity contribution in [2.24, 2.45) is 5.92 Å². The van der Waals surface area contributed by atoms with Crippen molar-refractivity contribution < 1.29 is 9.90 Å². The molecule has 2 rings (SSSR count). The first-order chi connectivity index (χ1) is 7.66. The van der Waals surface area contributed by atoms with Gasteiger partial charge in [0.05, 0.1) is 0 Å². The Kier molecular flexibility index (Phi) is 3.56. The van der Waals surface area contributed by atoms with Crippen LogP contribution in [0.25, 0.3) is 0 Å². The van der Waals surface area contributed by atoms with Crippen molar-refractivity contribution in [1.82, 2.24) is 10.3 Å². The lowest BCUT2D eigenvalue weighted by Crippen LogP contribution is -2.38. The monoisotopic (exact) mass is 284 g/mol. The number of nitrogens with zero attached hydrogens (tertiary/aromatic N) is 1. The Labute approximate surface area is 102 Å². The fourth-order valence-electron chi connectivity index (χ4n) is 1.67. The van der Waals surface area contributed by atoms with Crippen LogP contribution in [0.2, 0.25) is 0 Å². The zero-order valence-electron chi connectivity index (χ0n) is 8.69. The minimum absolute atomic E-state index is 0.303. The van der Waals surface area contributed by atoms with Gasteiger partial charge in [-0.3, -0.25) is 9.78 Å². The van der Waals surface area contributed by atoms with Gasteiger partial charge in [-0.25, -0.2) is 0 Å². The second-order valence-corrected chi connectivity index (χ2v) is 4.96. The Morgan fingerprint density at radius 2 is 2.38 bits per heavy atom. The number of carbonyl (C=O) groups is 1. The SMILES string of the molecule is O=C(O)C(NCc1cncc(Br)c1)C1CC1. The molecule has 0 radical (unpaired) electrons. The third-order valence-corrected chi connectivity index (χ3v) is 3.08. The summed E-state index contributed by atoms with van der Waals surface area (Å²) >= 11 is 3.33. The maximum absolute atomic E-state index is 11.0. The van der Waals surface area contributed by atoms with Gasteiger partial charge >= 0.3 is 5.97 Å². The second kappa shape index (κ2) is 4.93. The molecule has 1 aliphatic carbocycles. The van der Waals surface area contributed by atoms with Crippen LogP contribution in [0.15, 0.2) is 22.9 Å². The number of aromatic nitrogens is 1. The Hall–Kier alpha value is -0.940. The summed E-state index contributed by atoms with van der Waals surface area (Å²) in [5, 5.41) is 12.1. The lowest BCUT2D eigenvalue weighted by atomic mass is 10.2. The molecule has 1 aromatic heterocycles. The van der Waals surface area contributed by atoms with E-state index in [2.05, 4.69) is 26.2 Å². The predicted molar refractivity (Wildman–Crippen MR) is 62.9 cm³/mol. The highest BCUT2D eigenvalue weighted by atomic mass is 79.9. The van der Waals surface area contributed by atoms with Crippen LogP contribution in [0.1, 0.15) is 18.4 Å². The first kappa shape index (κ1) is 11.5. The van der Waals surface area contributed by atoms with Crippen molar-refractivity contribution in [1.29, 1.82) is 0 Å². The summed E-state index contributed by atoms with van der Waals surface area (Å²) in [7, 11) is 0. The summed E-state index contributed by atoms with van der Waals surface area (Å²) < 4.78 is 0.907. The van der Waals surface area contributed by atoms with Gasteiger partial charge in [-0.2, -0.15) is 0 Å². The van der Waals surface area contributed by atoms with Crippen molar-refractivity contribution in [3.05, 3.63) is 28.5 Å². The molecule has 0 spiro atoms. The molecule has 16 heavy (non-hydrogen) atoms. The molecule has 2 N–H and O–H groups in total. The van der Waals surface area contributed by atoms with Crippen LogP contribution in [-0.2, 0) is 11.3 Å². The van der Waals surface area contributed by atoms with Crippen molar-refractivity contribution in [2.45, 2.75) is 25.4 Å². The molecule has 0 saturated heterocycles. The number of aliphatic carboxylic acids is 1. The topological polar surface area (TPSA) is 62.2 Å². The first-order valence-corrected chi connectivity index (χ1v) is 6.02. The van der Waals surface area contributed by atoms with Crippen LogP contribution < -0.4 is 5.32 Å². The third-order valence-electron chi connectivity index (χ3n) is 2.65. The highest BCUT2D eigenvalue weighted by Gasteiger charge is 2.35. The zero-order valence-corrected chi connectivity index (χ0v) is 10.3. The van der Waals surface area contributed by atoms with Crippen LogP contribution in [-0.4, -0.2) is 22.1 Å². The minimum Gasteiger partial charge on any atom is -0.480 e. The summed E-state index contributed by atoms with van der Waals surface area (Å²) in [6.07, 6.45) is 5.48. The Morgan fingerprint density at radius 1 is 1.62 bits per heavy atom. The van der Waals surface area contributed by atoms with Crippen molar-refractivity contribution in [3.63, 3.8) is 0 Å². The van der Waals surface area contributed by atoms with Gasteiger partial charge in [0, 0.05) is 23.4 Å². The largest absolute Gasteiger partial charge is 0.480 e. The Balaban J connectivity index is 1.92. The van der Waals surface area contributed by atoms with E-state index in [0.717, 1.165) is 22.9 Å². The molecule has 1 heterocycles. The molecule has 5 heteroatoms. The molecule has 1 unspecified atom stereocenters. The maximum atomic E-state index is 11.0. The number of hydrogen-bond acceptors (Lipinski definition) is 3. The smallest absolute Gasteiger partial charge is 0.320 e. The highest BCUT2D eigenvalue weighted by molar-refractivity contribution is 9.10. The van der Waals surface area contributed by atoms with Gasteiger partial charge in [-0.1, -0.05) is 0 Å². The lowest BCUT2D eigenvalue weighted by molar-refractivity contribution is -0.140. The third kappa shape index (κ3) is 3.02. The van der Waals surface area contributed by atoms with Crippen molar-refractivity contribution in [2.75, 3.05) is 0 Å². The second-order valence-electron chi connectivity index (χ2n) is 4.05. The number of nitrogens with one attached hydrogen (secondary N) is 1. The highest BCUT2D eigenvalue weighted by Crippen LogP contribution is 2.32. The van der Waals surface area contributed by atoms with Gasteiger partial charge in [0.2, 0.25) is 0 Å². The lowest BCUT2D eigenvalue weighted by Gasteiger charge is -2.13. The molecule has 86 valence electrons. The number of carboxylic acids is 1. The van der Waals surface area contributed by atoms with Gasteiger partial charge in [-0.15, -0.1) is 0 Å². The van der Waals surface area contributed by atoms with Crippen LogP contribution in [0, 0.1) is 5.92 Å². The summed E-state index contributed by atoms with van der Waals surface area (Å²) in [5.41, 5.74) is 0.987. The number of halogens is 1. The van der Waals surface area contributed by atoms with Crippen LogP contribution in [0.5, 0.6) is 0 Å². The molecule has 1 aliphatic rings. The average Bonchev–Trinajstić information content (AvgIpc) is 3.02. The van der Waals surface area contributed by atoms with E-state index in [1.807, 2.05) is 6.07 Å². The molecule has 1 fully saturated rings. The first-order valence-electron chi connectivity index (χ1n) is 5.22. The van der Waals surface area contributed by atoms with E-state index in [1.54, 1.807) is 12.4 Å². The summed E-state index contributed by atoms with van der Waals surface area (Å²) in [6, 6.07) is 1.52. The molecule has 1 atom stereocenters. The van der Waals surface area contributed by atoms with Gasteiger partial charge < -0.3 is 10.4 Å². The number of carboxylic acid groups (broad SMARTS) is 1. The molecule has 0 aromatic carbocycles. The van der Waals surface area contributed by atoms with Gasteiger partial charge in [0.15, 0.2) is 0 Å². The summed E-state index contributed by atoms with van der Waals surface area (Å²) in [6.45, 7) is 0.542. The zero-order chi connectivity index (χ0) is 11.5. The molecular weight excluding hydrogens is 272 g/mol. The van der Waals surface area contributed by atoms with E-state index in [9.17, 15) is 4.79 Å². The fraction of sp³-hybridized carbons (Fsp3) is 0.455. The predicted octanol–water partition coefficient (Wildman–Crippen LogP) is 1.80. The summed E-state index contributed by atoms with van der Waals surface area (Å²) in [5.74, 6) is -0.455. The quantitative estimate of drug-likeness (QED) is 0.866. The van der Waals surface area contributed by atoms with Gasteiger partial charge in [0.25, 0.3) is 0 Å². The molecule has 0 bridgehead atoms. The molecule has 1 aromatic rings. The van der Waals surface area contributed by atoms with Crippen LogP contribution >= 0.6 is 15.9 Å². The number of rotatable bonds is 5. The van der Waals surface area contributed by atoms with E-state index in [4.69, 9.17) is 5.11 Å². The minimum atomic E-state index is -0.759. The van der Waals surface area contributed by atoms with Gasteiger partial charge in [-0.05, 0) is 46.3 Å². The van der Waals surface area contributed by atoms with E-state index in [0.29, 0.717) is 12.5 Å². The van der Waals surface area contributed by atoms with Crippen molar-refractivity contribution in [3.8, 4) is 0 Å². The molecule has 0 aliphatic heterocycles.